The topological polar surface area (TPSA) is 38.9 Å². The van der Waals surface area contributed by atoms with Gasteiger partial charge in [0, 0.05) is 12.5 Å². The summed E-state index contributed by atoms with van der Waals surface area (Å²) in [5.74, 6) is 0.689. The molecule has 0 saturated heterocycles. The molecule has 0 aliphatic rings. The van der Waals surface area contributed by atoms with Gasteiger partial charge >= 0.3 is 0 Å². The molecule has 3 nitrogen and oxygen atoms in total. The number of hydrogen-bond acceptors (Lipinski definition) is 4. The van der Waals surface area contributed by atoms with Crippen molar-refractivity contribution in [2.75, 3.05) is 0 Å². The molecule has 2 heterocycles. The highest BCUT2D eigenvalue weighted by Gasteiger charge is 2.09. The number of aryl methyl sites for hydroxylation is 2. The molecule has 0 atom stereocenters. The van der Waals surface area contributed by atoms with Crippen molar-refractivity contribution in [3.05, 3.63) is 33.6 Å². The van der Waals surface area contributed by atoms with Crippen molar-refractivity contribution in [3.8, 4) is 10.6 Å². The normalized spacial score (nSPS) is 11.2. The Morgan fingerprint density at radius 1 is 1.24 bits per heavy atom. The van der Waals surface area contributed by atoms with Crippen molar-refractivity contribution < 1.29 is 4.42 Å². The number of benzene rings is 1. The molecule has 0 bridgehead atoms. The fourth-order valence-corrected chi connectivity index (χ4v) is 3.02. The lowest BCUT2D eigenvalue weighted by Crippen LogP contribution is -1.77. The molecule has 3 rings (SSSR count). The number of nitrogens with zero attached hydrogens (tertiary/aromatic N) is 2. The lowest BCUT2D eigenvalue weighted by atomic mass is 10.2. The predicted octanol–water partition coefficient (Wildman–Crippen LogP) is 4.33. The molecule has 0 unspecified atom stereocenters. The molecule has 2 aromatic heterocycles. The second-order valence-electron chi connectivity index (χ2n) is 3.79. The molecule has 0 saturated carbocycles. The van der Waals surface area contributed by atoms with Gasteiger partial charge in [0.05, 0.1) is 9.48 Å². The third kappa shape index (κ3) is 1.89. The molecular formula is C12H9BrN2OS. The van der Waals surface area contributed by atoms with Gasteiger partial charge in [-0.3, -0.25) is 0 Å². The zero-order chi connectivity index (χ0) is 12.0. The highest BCUT2D eigenvalue weighted by Crippen LogP contribution is 2.32. The van der Waals surface area contributed by atoms with Gasteiger partial charge in [0.15, 0.2) is 11.5 Å². The van der Waals surface area contributed by atoms with E-state index in [1.807, 2.05) is 32.0 Å². The van der Waals surface area contributed by atoms with Crippen LogP contribution in [0.5, 0.6) is 0 Å². The minimum atomic E-state index is 0.689. The van der Waals surface area contributed by atoms with E-state index in [1.54, 1.807) is 11.3 Å². The number of thiazole rings is 1. The number of aromatic nitrogens is 2. The van der Waals surface area contributed by atoms with Gasteiger partial charge in [-0.05, 0) is 41.1 Å². The van der Waals surface area contributed by atoms with Crippen molar-refractivity contribution in [3.63, 3.8) is 0 Å². The van der Waals surface area contributed by atoms with Gasteiger partial charge in [-0.2, -0.15) is 0 Å². The van der Waals surface area contributed by atoms with Gasteiger partial charge in [0.1, 0.15) is 10.5 Å². The lowest BCUT2D eigenvalue weighted by molar-refractivity contribution is 0.561. The third-order valence-corrected chi connectivity index (χ3v) is 4.54. The highest BCUT2D eigenvalue weighted by molar-refractivity contribution is 9.11. The molecule has 0 fully saturated rings. The molecular weight excluding hydrogens is 300 g/mol. The first-order chi connectivity index (χ1) is 8.13. The van der Waals surface area contributed by atoms with Crippen LogP contribution < -0.4 is 0 Å². The van der Waals surface area contributed by atoms with Gasteiger partial charge in [-0.25, -0.2) is 9.97 Å². The second-order valence-corrected chi connectivity index (χ2v) is 6.11. The van der Waals surface area contributed by atoms with Crippen LogP contribution in [0.4, 0.5) is 0 Å². The van der Waals surface area contributed by atoms with Crippen LogP contribution in [0.2, 0.25) is 0 Å². The van der Waals surface area contributed by atoms with Crippen molar-refractivity contribution in [1.82, 2.24) is 9.97 Å². The highest BCUT2D eigenvalue weighted by atomic mass is 79.9. The summed E-state index contributed by atoms with van der Waals surface area (Å²) in [6, 6.07) is 5.96. The van der Waals surface area contributed by atoms with Crippen LogP contribution in [0.3, 0.4) is 0 Å². The van der Waals surface area contributed by atoms with Crippen LogP contribution in [-0.4, -0.2) is 9.97 Å². The maximum atomic E-state index is 5.45. The molecule has 3 aromatic rings. The summed E-state index contributed by atoms with van der Waals surface area (Å²) in [4.78, 5) is 8.83. The predicted molar refractivity (Wildman–Crippen MR) is 72.3 cm³/mol. The Labute approximate surface area is 111 Å². The minimum absolute atomic E-state index is 0.689. The summed E-state index contributed by atoms with van der Waals surface area (Å²) in [5.41, 5.74) is 3.79. The summed E-state index contributed by atoms with van der Waals surface area (Å²) in [5, 5.41) is 0.997. The van der Waals surface area contributed by atoms with Crippen LogP contribution >= 0.6 is 27.3 Å². The number of hydrogen-bond donors (Lipinski definition) is 0. The summed E-state index contributed by atoms with van der Waals surface area (Å²) >= 11 is 5.12. The van der Waals surface area contributed by atoms with Crippen LogP contribution in [0, 0.1) is 13.8 Å². The van der Waals surface area contributed by atoms with Gasteiger partial charge in [0.25, 0.3) is 0 Å². The van der Waals surface area contributed by atoms with E-state index in [0.29, 0.717) is 5.89 Å². The SMILES string of the molecule is Cc1nc2cc(-c3nc(C)c(Br)s3)ccc2o1. The fraction of sp³-hybridized carbons (Fsp3) is 0.167. The molecule has 17 heavy (non-hydrogen) atoms. The quantitative estimate of drug-likeness (QED) is 0.671. The standard InChI is InChI=1S/C12H9BrN2OS/c1-6-11(13)17-12(14-6)8-3-4-10-9(5-8)15-7(2)16-10/h3-5H,1-2H3. The van der Waals surface area contributed by atoms with Crippen molar-refractivity contribution in [1.29, 1.82) is 0 Å². The Balaban J connectivity index is 2.16. The average molecular weight is 309 g/mol. The van der Waals surface area contributed by atoms with E-state index in [2.05, 4.69) is 25.9 Å². The largest absolute Gasteiger partial charge is 0.441 e. The van der Waals surface area contributed by atoms with E-state index >= 15 is 0 Å². The molecule has 0 aliphatic heterocycles. The third-order valence-electron chi connectivity index (χ3n) is 2.48. The van der Waals surface area contributed by atoms with Crippen LogP contribution in [0.1, 0.15) is 11.6 Å². The van der Waals surface area contributed by atoms with E-state index in [-0.39, 0.29) is 0 Å². The van der Waals surface area contributed by atoms with E-state index < -0.39 is 0 Å². The molecule has 0 spiro atoms. The minimum Gasteiger partial charge on any atom is -0.441 e. The molecule has 0 aliphatic carbocycles. The summed E-state index contributed by atoms with van der Waals surface area (Å²) in [6.07, 6.45) is 0. The van der Waals surface area contributed by atoms with E-state index in [4.69, 9.17) is 4.42 Å². The molecule has 86 valence electrons. The Morgan fingerprint density at radius 3 is 2.76 bits per heavy atom. The Hall–Kier alpha value is -1.20. The Bertz CT molecular complexity index is 682. The van der Waals surface area contributed by atoms with Crippen molar-refractivity contribution >= 4 is 38.4 Å². The number of fused-ring (bicyclic) bond motifs is 1. The lowest BCUT2D eigenvalue weighted by Gasteiger charge is -1.94. The second kappa shape index (κ2) is 3.92. The molecule has 5 heteroatoms. The van der Waals surface area contributed by atoms with Gasteiger partial charge in [-0.1, -0.05) is 0 Å². The molecule has 0 radical (unpaired) electrons. The molecule has 1 aromatic carbocycles. The monoisotopic (exact) mass is 308 g/mol. The first-order valence-corrected chi connectivity index (χ1v) is 6.75. The van der Waals surface area contributed by atoms with Crippen LogP contribution in [-0.2, 0) is 0 Å². The molecule has 0 amide bonds. The van der Waals surface area contributed by atoms with Crippen LogP contribution in [0.15, 0.2) is 26.4 Å². The van der Waals surface area contributed by atoms with Crippen molar-refractivity contribution in [2.24, 2.45) is 0 Å². The van der Waals surface area contributed by atoms with E-state index in [1.165, 1.54) is 0 Å². The van der Waals surface area contributed by atoms with E-state index in [9.17, 15) is 0 Å². The summed E-state index contributed by atoms with van der Waals surface area (Å²) in [6.45, 7) is 3.84. The van der Waals surface area contributed by atoms with E-state index in [0.717, 1.165) is 31.2 Å². The maximum absolute atomic E-state index is 5.45. The van der Waals surface area contributed by atoms with Crippen molar-refractivity contribution in [2.45, 2.75) is 13.8 Å². The number of oxazole rings is 1. The Morgan fingerprint density at radius 2 is 2.06 bits per heavy atom. The van der Waals surface area contributed by atoms with Gasteiger partial charge in [0.2, 0.25) is 0 Å². The first kappa shape index (κ1) is 10.9. The maximum Gasteiger partial charge on any atom is 0.192 e. The zero-order valence-corrected chi connectivity index (χ0v) is 11.7. The summed E-state index contributed by atoms with van der Waals surface area (Å²) in [7, 11) is 0. The zero-order valence-electron chi connectivity index (χ0n) is 9.32. The smallest absolute Gasteiger partial charge is 0.192 e. The Kier molecular flexibility index (Phi) is 2.52. The van der Waals surface area contributed by atoms with Crippen LogP contribution in [0.25, 0.3) is 21.7 Å². The number of rotatable bonds is 1. The first-order valence-electron chi connectivity index (χ1n) is 5.14. The van der Waals surface area contributed by atoms with Gasteiger partial charge in [-0.15, -0.1) is 11.3 Å². The molecule has 0 N–H and O–H groups in total. The van der Waals surface area contributed by atoms with Gasteiger partial charge < -0.3 is 4.42 Å². The fourth-order valence-electron chi connectivity index (χ4n) is 1.68. The number of halogens is 1. The summed E-state index contributed by atoms with van der Waals surface area (Å²) < 4.78 is 6.52. The average Bonchev–Trinajstić information content (AvgIpc) is 2.80.